The molecule has 3 nitrogen and oxygen atoms in total. The molecule has 0 saturated carbocycles. The first-order valence-electron chi connectivity index (χ1n) is 7.46. The van der Waals surface area contributed by atoms with Crippen LogP contribution in [0.4, 0.5) is 0 Å². The van der Waals surface area contributed by atoms with Crippen LogP contribution < -0.4 is 5.32 Å². The van der Waals surface area contributed by atoms with Gasteiger partial charge in [-0.25, -0.2) is 0 Å². The van der Waals surface area contributed by atoms with Gasteiger partial charge in [-0.2, -0.15) is 0 Å². The minimum Gasteiger partial charge on any atom is -0.377 e. The molecule has 2 rings (SSSR count). The van der Waals surface area contributed by atoms with E-state index in [0.29, 0.717) is 6.10 Å². The minimum atomic E-state index is 0.515. The van der Waals surface area contributed by atoms with E-state index in [1.807, 2.05) is 0 Å². The summed E-state index contributed by atoms with van der Waals surface area (Å²) in [6.07, 6.45) is 8.39. The van der Waals surface area contributed by atoms with Crippen molar-refractivity contribution in [1.82, 2.24) is 10.2 Å². The number of hydrogen-bond acceptors (Lipinski definition) is 3. The highest BCUT2D eigenvalue weighted by Crippen LogP contribution is 2.19. The summed E-state index contributed by atoms with van der Waals surface area (Å²) in [4.78, 5) is 2.64. The van der Waals surface area contributed by atoms with Gasteiger partial charge in [0.2, 0.25) is 0 Å². The minimum absolute atomic E-state index is 0.515. The molecule has 2 heterocycles. The molecule has 1 atom stereocenters. The van der Waals surface area contributed by atoms with E-state index < -0.39 is 0 Å². The van der Waals surface area contributed by atoms with Crippen LogP contribution in [0.15, 0.2) is 0 Å². The van der Waals surface area contributed by atoms with Crippen molar-refractivity contribution in [1.29, 1.82) is 0 Å². The summed E-state index contributed by atoms with van der Waals surface area (Å²) in [5, 5.41) is 3.38. The van der Waals surface area contributed by atoms with Crippen molar-refractivity contribution in [2.75, 3.05) is 32.8 Å². The fourth-order valence-corrected chi connectivity index (χ4v) is 3.12. The van der Waals surface area contributed by atoms with Crippen molar-refractivity contribution in [3.63, 3.8) is 0 Å². The van der Waals surface area contributed by atoms with Crippen LogP contribution in [0, 0.1) is 0 Å². The summed E-state index contributed by atoms with van der Waals surface area (Å²) in [7, 11) is 0. The Labute approximate surface area is 106 Å². The lowest BCUT2D eigenvalue weighted by Gasteiger charge is -2.35. The van der Waals surface area contributed by atoms with Gasteiger partial charge in [0.05, 0.1) is 12.7 Å². The van der Waals surface area contributed by atoms with Gasteiger partial charge in [0.1, 0.15) is 0 Å². The van der Waals surface area contributed by atoms with Gasteiger partial charge in [-0.15, -0.1) is 0 Å². The highest BCUT2D eigenvalue weighted by Gasteiger charge is 2.21. The zero-order valence-electron chi connectivity index (χ0n) is 11.3. The Morgan fingerprint density at radius 1 is 1.18 bits per heavy atom. The fraction of sp³-hybridized carbons (Fsp3) is 1.00. The molecule has 0 aliphatic carbocycles. The summed E-state index contributed by atoms with van der Waals surface area (Å²) in [6, 6.07) is 0.820. The van der Waals surface area contributed by atoms with E-state index in [0.717, 1.165) is 32.3 Å². The van der Waals surface area contributed by atoms with E-state index in [-0.39, 0.29) is 0 Å². The maximum absolute atomic E-state index is 6.00. The average molecular weight is 240 g/mol. The first-order chi connectivity index (χ1) is 8.40. The van der Waals surface area contributed by atoms with E-state index >= 15 is 0 Å². The predicted molar refractivity (Wildman–Crippen MR) is 71.3 cm³/mol. The van der Waals surface area contributed by atoms with Gasteiger partial charge in [-0.1, -0.05) is 13.3 Å². The molecule has 0 aromatic rings. The number of ether oxygens (including phenoxy) is 1. The molecular weight excluding hydrogens is 212 g/mol. The van der Waals surface area contributed by atoms with Gasteiger partial charge >= 0.3 is 0 Å². The third-order valence-electron chi connectivity index (χ3n) is 4.24. The van der Waals surface area contributed by atoms with Crippen LogP contribution >= 0.6 is 0 Å². The number of nitrogens with one attached hydrogen (secondary N) is 1. The SMILES string of the molecule is CCC1CCCCN1CCOC1CCNCC1. The first-order valence-corrected chi connectivity index (χ1v) is 7.46. The van der Waals surface area contributed by atoms with Crippen LogP contribution in [0.3, 0.4) is 0 Å². The van der Waals surface area contributed by atoms with Gasteiger partial charge in [-0.05, 0) is 51.7 Å². The van der Waals surface area contributed by atoms with Gasteiger partial charge in [-0.3, -0.25) is 4.90 Å². The molecule has 2 fully saturated rings. The molecule has 0 spiro atoms. The number of rotatable bonds is 5. The Morgan fingerprint density at radius 3 is 2.76 bits per heavy atom. The van der Waals surface area contributed by atoms with Crippen LogP contribution in [-0.2, 0) is 4.74 Å². The lowest BCUT2D eigenvalue weighted by Crippen LogP contribution is -2.42. The lowest BCUT2D eigenvalue weighted by molar-refractivity contribution is 0.00861. The average Bonchev–Trinajstić information content (AvgIpc) is 2.40. The second kappa shape index (κ2) is 7.34. The van der Waals surface area contributed by atoms with Gasteiger partial charge in [0.15, 0.2) is 0 Å². The van der Waals surface area contributed by atoms with Gasteiger partial charge < -0.3 is 10.1 Å². The van der Waals surface area contributed by atoms with Crippen LogP contribution in [0.1, 0.15) is 45.4 Å². The van der Waals surface area contributed by atoms with Crippen molar-refractivity contribution < 1.29 is 4.74 Å². The zero-order chi connectivity index (χ0) is 11.9. The third-order valence-corrected chi connectivity index (χ3v) is 4.24. The first kappa shape index (κ1) is 13.3. The fourth-order valence-electron chi connectivity index (χ4n) is 3.12. The summed E-state index contributed by atoms with van der Waals surface area (Å²) in [5.41, 5.74) is 0. The second-order valence-electron chi connectivity index (χ2n) is 5.41. The Hall–Kier alpha value is -0.120. The molecule has 2 aliphatic rings. The molecule has 2 saturated heterocycles. The highest BCUT2D eigenvalue weighted by molar-refractivity contribution is 4.76. The van der Waals surface area contributed by atoms with Crippen molar-refractivity contribution in [2.45, 2.75) is 57.6 Å². The molecule has 100 valence electrons. The van der Waals surface area contributed by atoms with Crippen molar-refractivity contribution in [3.05, 3.63) is 0 Å². The van der Waals surface area contributed by atoms with E-state index in [2.05, 4.69) is 17.1 Å². The normalized spacial score (nSPS) is 28.4. The zero-order valence-corrected chi connectivity index (χ0v) is 11.3. The molecule has 3 heteroatoms. The Bertz CT molecular complexity index is 204. The van der Waals surface area contributed by atoms with Crippen LogP contribution in [0.2, 0.25) is 0 Å². The highest BCUT2D eigenvalue weighted by atomic mass is 16.5. The summed E-state index contributed by atoms with van der Waals surface area (Å²) < 4.78 is 6.00. The maximum Gasteiger partial charge on any atom is 0.0600 e. The van der Waals surface area contributed by atoms with E-state index in [9.17, 15) is 0 Å². The predicted octanol–water partition coefficient (Wildman–Crippen LogP) is 2.02. The quantitative estimate of drug-likeness (QED) is 0.795. The van der Waals surface area contributed by atoms with Crippen LogP contribution in [-0.4, -0.2) is 49.8 Å². The van der Waals surface area contributed by atoms with Crippen molar-refractivity contribution in [2.24, 2.45) is 0 Å². The van der Waals surface area contributed by atoms with Crippen molar-refractivity contribution in [3.8, 4) is 0 Å². The molecule has 2 aliphatic heterocycles. The summed E-state index contributed by atoms with van der Waals surface area (Å²) in [5.74, 6) is 0. The molecule has 1 unspecified atom stereocenters. The Kier molecular flexibility index (Phi) is 5.75. The van der Waals surface area contributed by atoms with Gasteiger partial charge in [0.25, 0.3) is 0 Å². The smallest absolute Gasteiger partial charge is 0.0600 e. The molecule has 17 heavy (non-hydrogen) atoms. The Morgan fingerprint density at radius 2 is 2.00 bits per heavy atom. The van der Waals surface area contributed by atoms with Crippen LogP contribution in [0.5, 0.6) is 0 Å². The standard InChI is InChI=1S/C14H28N2O/c1-2-13-5-3-4-10-16(13)11-12-17-14-6-8-15-9-7-14/h13-15H,2-12H2,1H3. The summed E-state index contributed by atoms with van der Waals surface area (Å²) >= 11 is 0. The van der Waals surface area contributed by atoms with Crippen molar-refractivity contribution >= 4 is 0 Å². The number of nitrogens with zero attached hydrogens (tertiary/aromatic N) is 1. The van der Waals surface area contributed by atoms with Crippen LogP contribution in [0.25, 0.3) is 0 Å². The van der Waals surface area contributed by atoms with E-state index in [1.54, 1.807) is 0 Å². The summed E-state index contributed by atoms with van der Waals surface area (Å²) in [6.45, 7) is 7.94. The monoisotopic (exact) mass is 240 g/mol. The second-order valence-corrected chi connectivity index (χ2v) is 5.41. The third kappa shape index (κ3) is 4.23. The van der Waals surface area contributed by atoms with E-state index in [4.69, 9.17) is 4.74 Å². The van der Waals surface area contributed by atoms with E-state index in [1.165, 1.54) is 45.1 Å². The molecule has 0 aromatic carbocycles. The molecule has 0 bridgehead atoms. The number of piperidine rings is 2. The molecule has 1 N–H and O–H groups in total. The largest absolute Gasteiger partial charge is 0.377 e. The molecule has 0 aromatic heterocycles. The maximum atomic E-state index is 6.00. The number of likely N-dealkylation sites (tertiary alicyclic amines) is 1. The van der Waals surface area contributed by atoms with Gasteiger partial charge in [0, 0.05) is 12.6 Å². The number of hydrogen-bond donors (Lipinski definition) is 1. The molecule has 0 radical (unpaired) electrons. The topological polar surface area (TPSA) is 24.5 Å². The molecule has 0 amide bonds. The lowest BCUT2D eigenvalue weighted by atomic mass is 10.0. The Balaban J connectivity index is 1.62. The molecular formula is C14H28N2O.